The van der Waals surface area contributed by atoms with Gasteiger partial charge in [0, 0.05) is 24.5 Å². The van der Waals surface area contributed by atoms with Gasteiger partial charge in [-0.2, -0.15) is 0 Å². The van der Waals surface area contributed by atoms with E-state index < -0.39 is 0 Å². The highest BCUT2D eigenvalue weighted by atomic mass is 16.5. The molecule has 3 rings (SSSR count). The average Bonchev–Trinajstić information content (AvgIpc) is 2.62. The van der Waals surface area contributed by atoms with Gasteiger partial charge in [0.2, 0.25) is 0 Å². The molecule has 1 aromatic heterocycles. The summed E-state index contributed by atoms with van der Waals surface area (Å²) in [6, 6.07) is 0.613. The topological polar surface area (TPSA) is 27.1 Å². The quantitative estimate of drug-likeness (QED) is 0.705. The molecular weight excluding hydrogens is 188 g/mol. The van der Waals surface area contributed by atoms with E-state index in [2.05, 4.69) is 16.5 Å². The molecule has 2 heterocycles. The third-order valence-electron chi connectivity index (χ3n) is 3.98. The molecule has 2 fully saturated rings. The zero-order valence-electron chi connectivity index (χ0n) is 9.28. The highest BCUT2D eigenvalue weighted by Crippen LogP contribution is 2.45. The summed E-state index contributed by atoms with van der Waals surface area (Å²) in [6.07, 6.45) is 10.1. The van der Waals surface area contributed by atoms with E-state index in [4.69, 9.17) is 4.74 Å². The zero-order chi connectivity index (χ0) is 10.3. The minimum absolute atomic E-state index is 0.236. The summed E-state index contributed by atoms with van der Waals surface area (Å²) in [7, 11) is 0. The Kier molecular flexibility index (Phi) is 2.09. The maximum absolute atomic E-state index is 5.94. The lowest BCUT2D eigenvalue weighted by molar-refractivity contribution is -0.140. The first kappa shape index (κ1) is 9.40. The van der Waals surface area contributed by atoms with Crippen LogP contribution >= 0.6 is 0 Å². The Morgan fingerprint density at radius 2 is 2.40 bits per heavy atom. The lowest BCUT2D eigenvalue weighted by Gasteiger charge is -2.47. The number of aryl methyl sites for hydroxylation is 1. The Morgan fingerprint density at radius 1 is 1.53 bits per heavy atom. The van der Waals surface area contributed by atoms with E-state index in [0.717, 1.165) is 13.0 Å². The lowest BCUT2D eigenvalue weighted by atomic mass is 9.74. The van der Waals surface area contributed by atoms with E-state index in [0.29, 0.717) is 6.04 Å². The van der Waals surface area contributed by atoms with Crippen molar-refractivity contribution in [3.63, 3.8) is 0 Å². The van der Waals surface area contributed by atoms with E-state index in [1.807, 2.05) is 12.5 Å². The van der Waals surface area contributed by atoms with E-state index in [-0.39, 0.29) is 5.60 Å². The summed E-state index contributed by atoms with van der Waals surface area (Å²) >= 11 is 0. The maximum Gasteiger partial charge on any atom is 0.0950 e. The summed E-state index contributed by atoms with van der Waals surface area (Å²) in [5.41, 5.74) is 1.51. The van der Waals surface area contributed by atoms with Crippen molar-refractivity contribution in [3.8, 4) is 0 Å². The first-order chi connectivity index (χ1) is 7.29. The fourth-order valence-corrected chi connectivity index (χ4v) is 2.91. The fraction of sp³-hybridized carbons (Fsp3) is 0.750. The van der Waals surface area contributed by atoms with Gasteiger partial charge in [0.1, 0.15) is 0 Å². The van der Waals surface area contributed by atoms with Gasteiger partial charge < -0.3 is 9.30 Å². The molecule has 0 bridgehead atoms. The smallest absolute Gasteiger partial charge is 0.0950 e. The molecule has 0 N–H and O–H groups in total. The molecule has 0 radical (unpaired) electrons. The number of rotatable bonds is 1. The normalized spacial score (nSPS) is 29.0. The summed E-state index contributed by atoms with van der Waals surface area (Å²) < 4.78 is 8.26. The average molecular weight is 206 g/mol. The Hall–Kier alpha value is -0.830. The first-order valence-electron chi connectivity index (χ1n) is 5.92. The number of hydrogen-bond donors (Lipinski definition) is 0. The molecule has 1 aliphatic carbocycles. The number of ether oxygens (including phenoxy) is 1. The van der Waals surface area contributed by atoms with E-state index in [1.165, 1.54) is 31.4 Å². The molecule has 1 atom stereocenters. The third kappa shape index (κ3) is 1.49. The van der Waals surface area contributed by atoms with Crippen molar-refractivity contribution < 1.29 is 4.74 Å². The molecule has 0 aromatic carbocycles. The fourth-order valence-electron chi connectivity index (χ4n) is 2.91. The molecule has 1 unspecified atom stereocenters. The molecule has 2 aliphatic rings. The van der Waals surface area contributed by atoms with Crippen molar-refractivity contribution in [3.05, 3.63) is 18.2 Å². The van der Waals surface area contributed by atoms with Crippen molar-refractivity contribution in [1.82, 2.24) is 9.55 Å². The van der Waals surface area contributed by atoms with Crippen LogP contribution in [0.15, 0.2) is 12.5 Å². The highest BCUT2D eigenvalue weighted by molar-refractivity contribution is 5.01. The van der Waals surface area contributed by atoms with E-state index in [9.17, 15) is 0 Å². The van der Waals surface area contributed by atoms with Gasteiger partial charge in [-0.3, -0.25) is 0 Å². The summed E-state index contributed by atoms with van der Waals surface area (Å²) in [5, 5.41) is 0. The van der Waals surface area contributed by atoms with Crippen LogP contribution in [0, 0.1) is 6.92 Å². The van der Waals surface area contributed by atoms with Gasteiger partial charge in [0.25, 0.3) is 0 Å². The van der Waals surface area contributed by atoms with Crippen LogP contribution < -0.4 is 0 Å². The van der Waals surface area contributed by atoms with Crippen LogP contribution in [0.3, 0.4) is 0 Å². The van der Waals surface area contributed by atoms with Crippen LogP contribution in [0.25, 0.3) is 0 Å². The summed E-state index contributed by atoms with van der Waals surface area (Å²) in [5.74, 6) is 0. The Bertz CT molecular complexity index is 354. The van der Waals surface area contributed by atoms with Crippen LogP contribution in [-0.2, 0) is 4.74 Å². The third-order valence-corrected chi connectivity index (χ3v) is 3.98. The molecule has 1 spiro atoms. The molecule has 15 heavy (non-hydrogen) atoms. The maximum atomic E-state index is 5.94. The molecule has 82 valence electrons. The predicted octanol–water partition coefficient (Wildman–Crippen LogP) is 2.47. The second kappa shape index (κ2) is 3.34. The highest BCUT2D eigenvalue weighted by Gasteiger charge is 2.43. The summed E-state index contributed by atoms with van der Waals surface area (Å²) in [4.78, 5) is 4.21. The number of imidazole rings is 1. The van der Waals surface area contributed by atoms with Gasteiger partial charge in [-0.25, -0.2) is 4.98 Å². The Balaban J connectivity index is 1.79. The Morgan fingerprint density at radius 3 is 3.00 bits per heavy atom. The monoisotopic (exact) mass is 206 g/mol. The molecule has 1 saturated heterocycles. The number of nitrogens with zero attached hydrogens (tertiary/aromatic N) is 2. The zero-order valence-corrected chi connectivity index (χ0v) is 9.28. The Labute approximate surface area is 90.5 Å². The largest absolute Gasteiger partial charge is 0.375 e. The van der Waals surface area contributed by atoms with Crippen LogP contribution in [0.4, 0.5) is 0 Å². The second-order valence-corrected chi connectivity index (χ2v) is 4.97. The van der Waals surface area contributed by atoms with Crippen molar-refractivity contribution in [2.45, 2.75) is 50.7 Å². The second-order valence-electron chi connectivity index (χ2n) is 4.97. The van der Waals surface area contributed by atoms with Crippen molar-refractivity contribution in [2.24, 2.45) is 0 Å². The molecule has 3 nitrogen and oxygen atoms in total. The first-order valence-corrected chi connectivity index (χ1v) is 5.92. The van der Waals surface area contributed by atoms with Crippen molar-refractivity contribution in [2.75, 3.05) is 6.61 Å². The molecule has 1 aromatic rings. The minimum Gasteiger partial charge on any atom is -0.375 e. The minimum atomic E-state index is 0.236. The lowest BCUT2D eigenvalue weighted by Crippen LogP contribution is -2.45. The number of hydrogen-bond acceptors (Lipinski definition) is 2. The molecule has 1 aliphatic heterocycles. The van der Waals surface area contributed by atoms with Crippen LogP contribution in [0.2, 0.25) is 0 Å². The summed E-state index contributed by atoms with van der Waals surface area (Å²) in [6.45, 7) is 3.05. The van der Waals surface area contributed by atoms with E-state index in [1.54, 1.807) is 0 Å². The van der Waals surface area contributed by atoms with Gasteiger partial charge in [0.15, 0.2) is 0 Å². The van der Waals surface area contributed by atoms with Crippen LogP contribution in [0.1, 0.15) is 43.8 Å². The molecule has 0 amide bonds. The molecule has 3 heteroatoms. The van der Waals surface area contributed by atoms with Gasteiger partial charge in [-0.15, -0.1) is 0 Å². The SMILES string of the molecule is Cc1cncn1C1CCOC2(CCC2)C1. The number of aromatic nitrogens is 2. The van der Waals surface area contributed by atoms with Gasteiger partial charge >= 0.3 is 0 Å². The van der Waals surface area contributed by atoms with Crippen LogP contribution in [-0.4, -0.2) is 21.8 Å². The van der Waals surface area contributed by atoms with Gasteiger partial charge in [-0.05, 0) is 39.0 Å². The van der Waals surface area contributed by atoms with Crippen molar-refractivity contribution >= 4 is 0 Å². The predicted molar refractivity (Wildman–Crippen MR) is 57.8 cm³/mol. The molecule has 1 saturated carbocycles. The molecular formula is C12H18N2O. The van der Waals surface area contributed by atoms with E-state index >= 15 is 0 Å². The van der Waals surface area contributed by atoms with Gasteiger partial charge in [0.05, 0.1) is 11.9 Å². The van der Waals surface area contributed by atoms with Crippen LogP contribution in [0.5, 0.6) is 0 Å². The van der Waals surface area contributed by atoms with Gasteiger partial charge in [-0.1, -0.05) is 0 Å². The standard InChI is InChI=1S/C12H18N2O/c1-10-8-13-9-14(10)11-3-6-15-12(7-11)4-2-5-12/h8-9,11H,2-7H2,1H3. The van der Waals surface area contributed by atoms with Crippen molar-refractivity contribution in [1.29, 1.82) is 0 Å².